The van der Waals surface area contributed by atoms with Crippen LogP contribution in [0.25, 0.3) is 0 Å². The molecule has 0 aliphatic carbocycles. The molecule has 0 aromatic carbocycles. The molecule has 0 heterocycles. The van der Waals surface area contributed by atoms with Crippen LogP contribution in [0.4, 0.5) is 0 Å². The van der Waals surface area contributed by atoms with E-state index in [1.54, 1.807) is 6.08 Å². The standard InChI is InChI=1S/C37H74BrN2O5P/c1-4-6-8-10-12-14-16-18-20-22-24-26-28-30-36(41)35(34-39-46(43,44-3)45-33-32-38)40-37(42)31-29-27-25-23-21-19-17-15-13-11-9-7-5-2/h28,30,35-36,41H,4-27,29,31-34H2,1-3H3,(H,39,43)(H,40,42)/b30-28+/t35-,36+,46?/m0/s1. The molecule has 46 heavy (non-hydrogen) atoms. The molecule has 0 rings (SSSR count). The minimum atomic E-state index is -3.53. The van der Waals surface area contributed by atoms with E-state index in [0.717, 1.165) is 32.1 Å². The Kier molecular flexibility index (Phi) is 34.4. The highest BCUT2D eigenvalue weighted by atomic mass is 79.9. The molecular weight excluding hydrogens is 663 g/mol. The third-order valence-corrected chi connectivity index (χ3v) is 10.6. The molecule has 0 fully saturated rings. The molecule has 0 aromatic heterocycles. The van der Waals surface area contributed by atoms with Gasteiger partial charge in [-0.25, -0.2) is 9.65 Å². The Labute approximate surface area is 293 Å². The Morgan fingerprint density at radius 2 is 1.17 bits per heavy atom. The van der Waals surface area contributed by atoms with Crippen LogP contribution in [0.2, 0.25) is 0 Å². The van der Waals surface area contributed by atoms with Crippen molar-refractivity contribution < 1.29 is 23.5 Å². The molecule has 0 spiro atoms. The Morgan fingerprint density at radius 3 is 1.61 bits per heavy atom. The van der Waals surface area contributed by atoms with Gasteiger partial charge in [-0.2, -0.15) is 0 Å². The van der Waals surface area contributed by atoms with Crippen molar-refractivity contribution in [1.82, 2.24) is 10.4 Å². The summed E-state index contributed by atoms with van der Waals surface area (Å²) in [6, 6.07) is -0.640. The van der Waals surface area contributed by atoms with Gasteiger partial charge in [0.1, 0.15) is 0 Å². The normalized spacial score (nSPS) is 14.5. The van der Waals surface area contributed by atoms with Gasteiger partial charge in [-0.05, 0) is 19.3 Å². The average molecular weight is 738 g/mol. The summed E-state index contributed by atoms with van der Waals surface area (Å²) in [5.41, 5.74) is 0. The van der Waals surface area contributed by atoms with E-state index in [9.17, 15) is 14.5 Å². The summed E-state index contributed by atoms with van der Waals surface area (Å²) in [6.45, 7) is 4.81. The van der Waals surface area contributed by atoms with Crippen LogP contribution < -0.4 is 10.4 Å². The number of rotatable bonds is 36. The number of amides is 1. The minimum Gasteiger partial charge on any atom is -0.387 e. The molecule has 0 aliphatic rings. The first kappa shape index (κ1) is 45.8. The van der Waals surface area contributed by atoms with Crippen LogP contribution in [-0.4, -0.2) is 48.8 Å². The zero-order valence-corrected chi connectivity index (χ0v) is 32.7. The number of nitrogens with one attached hydrogen (secondary N) is 2. The number of alkyl halides is 1. The minimum absolute atomic E-state index is 0.0711. The Balaban J connectivity index is 4.42. The maximum Gasteiger partial charge on any atom is 0.405 e. The number of aliphatic hydroxyl groups excluding tert-OH is 1. The molecule has 0 radical (unpaired) electrons. The molecular formula is C37H74BrN2O5P. The molecule has 0 bridgehead atoms. The SMILES string of the molecule is CCCCCCCCCCCCC/C=C/[C@@H](O)[C@H](CNP(=O)(OC)OCCBr)NC(=O)CCCCCCCCCCCCCCC. The molecule has 0 saturated carbocycles. The molecule has 1 unspecified atom stereocenters. The monoisotopic (exact) mass is 736 g/mol. The van der Waals surface area contributed by atoms with Gasteiger partial charge in [-0.3, -0.25) is 9.32 Å². The van der Waals surface area contributed by atoms with Gasteiger partial charge < -0.3 is 14.9 Å². The fraction of sp³-hybridized carbons (Fsp3) is 0.919. The predicted molar refractivity (Wildman–Crippen MR) is 201 cm³/mol. The highest BCUT2D eigenvalue weighted by molar-refractivity contribution is 9.09. The Bertz CT molecular complexity index is 743. The van der Waals surface area contributed by atoms with Gasteiger partial charge in [0.2, 0.25) is 5.91 Å². The third-order valence-electron chi connectivity index (χ3n) is 8.66. The van der Waals surface area contributed by atoms with E-state index in [0.29, 0.717) is 11.8 Å². The number of allylic oxidation sites excluding steroid dienone is 1. The van der Waals surface area contributed by atoms with Crippen LogP contribution in [0.15, 0.2) is 12.2 Å². The lowest BCUT2D eigenvalue weighted by Gasteiger charge is -2.25. The number of aliphatic hydroxyl groups is 1. The molecule has 7 nitrogen and oxygen atoms in total. The van der Waals surface area contributed by atoms with Crippen LogP contribution >= 0.6 is 23.7 Å². The van der Waals surface area contributed by atoms with Crippen molar-refractivity contribution in [3.8, 4) is 0 Å². The lowest BCUT2D eigenvalue weighted by Crippen LogP contribution is -2.48. The summed E-state index contributed by atoms with van der Waals surface area (Å²) in [7, 11) is -2.20. The maximum absolute atomic E-state index is 12.9. The molecule has 3 atom stereocenters. The predicted octanol–water partition coefficient (Wildman–Crippen LogP) is 11.3. The Hall–Kier alpha value is -0.240. The van der Waals surface area contributed by atoms with Crippen molar-refractivity contribution in [2.24, 2.45) is 0 Å². The van der Waals surface area contributed by atoms with E-state index in [-0.39, 0.29) is 19.1 Å². The number of hydrogen-bond donors (Lipinski definition) is 3. The van der Waals surface area contributed by atoms with E-state index in [4.69, 9.17) is 9.05 Å². The Morgan fingerprint density at radius 1 is 0.739 bits per heavy atom. The van der Waals surface area contributed by atoms with Crippen molar-refractivity contribution in [1.29, 1.82) is 0 Å². The quantitative estimate of drug-likeness (QED) is 0.0256. The van der Waals surface area contributed by atoms with Crippen molar-refractivity contribution in [2.75, 3.05) is 25.6 Å². The second kappa shape index (κ2) is 34.6. The van der Waals surface area contributed by atoms with Crippen LogP contribution in [-0.2, 0) is 18.4 Å². The van der Waals surface area contributed by atoms with E-state index >= 15 is 0 Å². The van der Waals surface area contributed by atoms with Crippen LogP contribution in [0.1, 0.15) is 181 Å². The molecule has 9 heteroatoms. The van der Waals surface area contributed by atoms with Gasteiger partial charge >= 0.3 is 7.75 Å². The van der Waals surface area contributed by atoms with E-state index in [1.807, 2.05) is 6.08 Å². The van der Waals surface area contributed by atoms with Gasteiger partial charge in [0.25, 0.3) is 0 Å². The first-order chi connectivity index (χ1) is 22.4. The molecule has 3 N–H and O–H groups in total. The summed E-state index contributed by atoms with van der Waals surface area (Å²) in [5.74, 6) is -0.0960. The third kappa shape index (κ3) is 29.9. The topological polar surface area (TPSA) is 96.9 Å². The molecule has 0 saturated heterocycles. The number of halogens is 1. The summed E-state index contributed by atoms with van der Waals surface area (Å²) in [4.78, 5) is 12.8. The zero-order chi connectivity index (χ0) is 34.0. The summed E-state index contributed by atoms with van der Waals surface area (Å²) < 4.78 is 23.3. The summed E-state index contributed by atoms with van der Waals surface area (Å²) in [6.07, 6.45) is 34.9. The first-order valence-electron chi connectivity index (χ1n) is 19.2. The van der Waals surface area contributed by atoms with Gasteiger partial charge in [-0.1, -0.05) is 183 Å². The molecule has 0 aromatic rings. The van der Waals surface area contributed by atoms with Crippen LogP contribution in [0.5, 0.6) is 0 Å². The second-order valence-electron chi connectivity index (χ2n) is 13.0. The van der Waals surface area contributed by atoms with Crippen LogP contribution in [0, 0.1) is 0 Å². The van der Waals surface area contributed by atoms with Gasteiger partial charge in [0, 0.05) is 25.4 Å². The number of unbranched alkanes of at least 4 members (excludes halogenated alkanes) is 23. The van der Waals surface area contributed by atoms with Gasteiger partial charge in [-0.15, -0.1) is 0 Å². The smallest absolute Gasteiger partial charge is 0.387 e. The number of carbonyl (C=O) groups excluding carboxylic acids is 1. The maximum atomic E-state index is 12.9. The summed E-state index contributed by atoms with van der Waals surface area (Å²) in [5, 5.41) is 17.2. The van der Waals surface area contributed by atoms with Crippen LogP contribution in [0.3, 0.4) is 0 Å². The zero-order valence-electron chi connectivity index (χ0n) is 30.2. The summed E-state index contributed by atoms with van der Waals surface area (Å²) >= 11 is 3.27. The molecule has 1 amide bonds. The van der Waals surface area contributed by atoms with E-state index < -0.39 is 19.9 Å². The first-order valence-corrected chi connectivity index (χ1v) is 21.8. The van der Waals surface area contributed by atoms with Crippen molar-refractivity contribution >= 4 is 29.6 Å². The van der Waals surface area contributed by atoms with E-state index in [2.05, 4.69) is 40.2 Å². The fourth-order valence-corrected chi connectivity index (χ4v) is 7.15. The average Bonchev–Trinajstić information content (AvgIpc) is 3.06. The number of carbonyl (C=O) groups is 1. The van der Waals surface area contributed by atoms with Crippen molar-refractivity contribution in [3.05, 3.63) is 12.2 Å². The van der Waals surface area contributed by atoms with Gasteiger partial charge in [0.05, 0.1) is 18.8 Å². The fourth-order valence-electron chi connectivity index (χ4n) is 5.66. The van der Waals surface area contributed by atoms with Gasteiger partial charge in [0.15, 0.2) is 0 Å². The van der Waals surface area contributed by atoms with Crippen molar-refractivity contribution in [3.63, 3.8) is 0 Å². The largest absolute Gasteiger partial charge is 0.405 e. The van der Waals surface area contributed by atoms with E-state index in [1.165, 1.54) is 136 Å². The highest BCUT2D eigenvalue weighted by Gasteiger charge is 2.27. The second-order valence-corrected chi connectivity index (χ2v) is 15.7. The molecule has 0 aliphatic heterocycles. The molecule has 274 valence electrons. The number of hydrogen-bond acceptors (Lipinski definition) is 5. The highest BCUT2D eigenvalue weighted by Crippen LogP contribution is 2.42. The van der Waals surface area contributed by atoms with Crippen molar-refractivity contribution in [2.45, 2.75) is 193 Å². The lowest BCUT2D eigenvalue weighted by molar-refractivity contribution is -0.122. The lowest BCUT2D eigenvalue weighted by atomic mass is 10.0.